The maximum Gasteiger partial charge on any atom is 0.0690 e. The van der Waals surface area contributed by atoms with Crippen LogP contribution in [0.2, 0.25) is 0 Å². The van der Waals surface area contributed by atoms with Crippen molar-refractivity contribution in [2.24, 2.45) is 0 Å². The molecule has 1 fully saturated rings. The highest BCUT2D eigenvalue weighted by Crippen LogP contribution is 2.43. The topological polar surface area (TPSA) is 12.0 Å². The van der Waals surface area contributed by atoms with E-state index in [0.717, 1.165) is 5.56 Å². The van der Waals surface area contributed by atoms with Gasteiger partial charge < -0.3 is 0 Å². The summed E-state index contributed by atoms with van der Waals surface area (Å²) >= 11 is 0. The van der Waals surface area contributed by atoms with Crippen molar-refractivity contribution in [3.8, 4) is 0 Å². The summed E-state index contributed by atoms with van der Waals surface area (Å²) in [5.41, 5.74) is 3.47. The van der Waals surface area contributed by atoms with E-state index in [4.69, 9.17) is 0 Å². The van der Waals surface area contributed by atoms with E-state index in [1.807, 2.05) is 18.2 Å². The van der Waals surface area contributed by atoms with E-state index < -0.39 is 0 Å². The van der Waals surface area contributed by atoms with E-state index in [0.29, 0.717) is 11.6 Å². The average molecular weight is 151 g/mol. The third-order valence-corrected chi connectivity index (χ3v) is 2.08. The minimum Gasteiger partial charge on any atom is -0.224 e. The molecule has 1 aliphatic carbocycles. The van der Waals surface area contributed by atoms with Crippen molar-refractivity contribution in [3.63, 3.8) is 0 Å². The van der Waals surface area contributed by atoms with E-state index in [-0.39, 0.29) is 0 Å². The summed E-state index contributed by atoms with van der Waals surface area (Å²) in [5.74, 6) is 0.606. The van der Waals surface area contributed by atoms with Gasteiger partial charge in [-0.2, -0.15) is 0 Å². The lowest BCUT2D eigenvalue weighted by molar-refractivity contribution is 0.615. The predicted molar refractivity (Wildman–Crippen MR) is 43.1 cm³/mol. The molecule has 0 atom stereocenters. The van der Waals surface area contributed by atoms with Crippen LogP contribution in [0.4, 0.5) is 10.2 Å². The number of rotatable bonds is 2. The van der Waals surface area contributed by atoms with Gasteiger partial charge in [0, 0.05) is 0 Å². The fraction of sp³-hybridized carbons (Fsp3) is 0.333. The average Bonchev–Trinajstić information content (AvgIpc) is 2.87. The Morgan fingerprint density at radius 3 is 2.64 bits per heavy atom. The third-order valence-electron chi connectivity index (χ3n) is 2.08. The van der Waals surface area contributed by atoms with Gasteiger partial charge in [-0.25, -0.2) is 5.54 Å². The first-order valence-corrected chi connectivity index (χ1v) is 3.87. The maximum atomic E-state index is 12.1. The molecule has 0 heterocycles. The molecule has 0 bridgehead atoms. The second kappa shape index (κ2) is 2.53. The van der Waals surface area contributed by atoms with Crippen LogP contribution in [-0.4, -0.2) is 0 Å². The molecule has 0 saturated heterocycles. The van der Waals surface area contributed by atoms with E-state index in [1.165, 1.54) is 12.8 Å². The van der Waals surface area contributed by atoms with Crippen molar-refractivity contribution in [3.05, 3.63) is 29.8 Å². The first kappa shape index (κ1) is 6.65. The predicted octanol–water partition coefficient (Wildman–Crippen LogP) is 2.86. The van der Waals surface area contributed by atoms with Crippen molar-refractivity contribution in [1.29, 1.82) is 0 Å². The Kier molecular flexibility index (Phi) is 1.53. The second-order valence-electron chi connectivity index (χ2n) is 2.96. The Labute approximate surface area is 65.2 Å². The summed E-state index contributed by atoms with van der Waals surface area (Å²) in [5, 5.41) is 0. The Bertz CT molecular complexity index is 255. The zero-order valence-corrected chi connectivity index (χ0v) is 6.18. The summed E-state index contributed by atoms with van der Waals surface area (Å²) < 4.78 is 12.1. The number of nitrogens with one attached hydrogen (secondary N) is 1. The molecule has 1 saturated carbocycles. The van der Waals surface area contributed by atoms with Gasteiger partial charge in [-0.3, -0.25) is 0 Å². The molecule has 2 heteroatoms. The Morgan fingerprint density at radius 1 is 1.27 bits per heavy atom. The van der Waals surface area contributed by atoms with Gasteiger partial charge in [0.1, 0.15) is 0 Å². The lowest BCUT2D eigenvalue weighted by atomic mass is 10.1. The largest absolute Gasteiger partial charge is 0.224 e. The summed E-state index contributed by atoms with van der Waals surface area (Å²) in [6.07, 6.45) is 2.41. The highest BCUT2D eigenvalue weighted by Gasteiger charge is 2.25. The fourth-order valence-corrected chi connectivity index (χ4v) is 1.33. The van der Waals surface area contributed by atoms with E-state index >= 15 is 0 Å². The van der Waals surface area contributed by atoms with Crippen LogP contribution in [0.3, 0.4) is 0 Å². The Hall–Kier alpha value is -1.05. The van der Waals surface area contributed by atoms with Crippen LogP contribution in [0.5, 0.6) is 0 Å². The van der Waals surface area contributed by atoms with E-state index in [1.54, 1.807) is 11.6 Å². The van der Waals surface area contributed by atoms with Crippen LogP contribution in [0.15, 0.2) is 24.3 Å². The number of para-hydroxylation sites is 1. The van der Waals surface area contributed by atoms with Gasteiger partial charge >= 0.3 is 0 Å². The SMILES string of the molecule is FNc1ccccc1C1CC1. The van der Waals surface area contributed by atoms with Crippen molar-refractivity contribution in [1.82, 2.24) is 0 Å². The first-order chi connectivity index (χ1) is 5.42. The van der Waals surface area contributed by atoms with Gasteiger partial charge in [0.2, 0.25) is 0 Å². The monoisotopic (exact) mass is 151 g/mol. The number of anilines is 1. The van der Waals surface area contributed by atoms with E-state index in [2.05, 4.69) is 0 Å². The summed E-state index contributed by atoms with van der Waals surface area (Å²) in [7, 11) is 0. The summed E-state index contributed by atoms with van der Waals surface area (Å²) in [6.45, 7) is 0. The lowest BCUT2D eigenvalue weighted by Crippen LogP contribution is -1.88. The molecule has 58 valence electrons. The van der Waals surface area contributed by atoms with Gasteiger partial charge in [0.25, 0.3) is 0 Å². The van der Waals surface area contributed by atoms with Gasteiger partial charge in [-0.05, 0) is 30.4 Å². The molecule has 1 N–H and O–H groups in total. The van der Waals surface area contributed by atoms with Crippen molar-refractivity contribution in [2.75, 3.05) is 5.54 Å². The summed E-state index contributed by atoms with van der Waals surface area (Å²) in [4.78, 5) is 0. The van der Waals surface area contributed by atoms with E-state index in [9.17, 15) is 4.48 Å². The molecule has 0 aliphatic heterocycles. The van der Waals surface area contributed by atoms with Crippen molar-refractivity contribution < 1.29 is 4.48 Å². The van der Waals surface area contributed by atoms with Gasteiger partial charge in [-0.15, -0.1) is 4.48 Å². The van der Waals surface area contributed by atoms with Crippen LogP contribution in [0, 0.1) is 0 Å². The van der Waals surface area contributed by atoms with Crippen molar-refractivity contribution >= 4 is 5.69 Å². The molecule has 1 aliphatic rings. The summed E-state index contributed by atoms with van der Waals surface area (Å²) in [6, 6.07) is 7.55. The van der Waals surface area contributed by atoms with Crippen LogP contribution in [0.25, 0.3) is 0 Å². The van der Waals surface area contributed by atoms with Crippen LogP contribution in [-0.2, 0) is 0 Å². The van der Waals surface area contributed by atoms with Crippen LogP contribution < -0.4 is 5.54 Å². The quantitative estimate of drug-likeness (QED) is 0.641. The molecule has 0 amide bonds. The second-order valence-corrected chi connectivity index (χ2v) is 2.96. The minimum absolute atomic E-state index is 0.606. The number of hydrogen-bond acceptors (Lipinski definition) is 1. The molecular weight excluding hydrogens is 141 g/mol. The lowest BCUT2D eigenvalue weighted by Gasteiger charge is -2.03. The third kappa shape index (κ3) is 1.20. The number of benzene rings is 1. The number of halogens is 1. The maximum absolute atomic E-state index is 12.1. The normalized spacial score (nSPS) is 16.5. The molecule has 1 aromatic carbocycles. The molecule has 0 radical (unpaired) electrons. The van der Waals surface area contributed by atoms with Crippen LogP contribution >= 0.6 is 0 Å². The molecule has 11 heavy (non-hydrogen) atoms. The molecule has 1 aromatic rings. The van der Waals surface area contributed by atoms with Gasteiger partial charge in [0.15, 0.2) is 0 Å². The Balaban J connectivity index is 2.34. The molecular formula is C9H10FN. The minimum atomic E-state index is 0.606. The van der Waals surface area contributed by atoms with Gasteiger partial charge in [0.05, 0.1) is 5.69 Å². The fourth-order valence-electron chi connectivity index (χ4n) is 1.33. The standard InChI is InChI=1S/C9H10FN/c10-11-9-4-2-1-3-8(9)7-5-6-7/h1-4,7,11H,5-6H2. The highest BCUT2D eigenvalue weighted by atomic mass is 19.2. The highest BCUT2D eigenvalue weighted by molar-refractivity contribution is 5.52. The first-order valence-electron chi connectivity index (χ1n) is 3.87. The smallest absolute Gasteiger partial charge is 0.0690 e. The zero-order chi connectivity index (χ0) is 7.68. The molecule has 0 aromatic heterocycles. The molecule has 0 unspecified atom stereocenters. The van der Waals surface area contributed by atoms with Gasteiger partial charge in [-0.1, -0.05) is 18.2 Å². The zero-order valence-electron chi connectivity index (χ0n) is 6.18. The molecule has 0 spiro atoms. The van der Waals surface area contributed by atoms with Crippen LogP contribution in [0.1, 0.15) is 24.3 Å². The van der Waals surface area contributed by atoms with Crippen molar-refractivity contribution in [2.45, 2.75) is 18.8 Å². The molecule has 2 rings (SSSR count). The number of hydrogen-bond donors (Lipinski definition) is 1. The molecule has 1 nitrogen and oxygen atoms in total. The Morgan fingerprint density at radius 2 is 2.00 bits per heavy atom.